The van der Waals surface area contributed by atoms with E-state index in [0.29, 0.717) is 29.9 Å². The molecule has 1 aliphatic heterocycles. The van der Waals surface area contributed by atoms with Crippen molar-refractivity contribution in [3.63, 3.8) is 0 Å². The molecular weight excluding hydrogens is 457 g/mol. The van der Waals surface area contributed by atoms with E-state index in [-0.39, 0.29) is 0 Å². The van der Waals surface area contributed by atoms with Crippen LogP contribution >= 0.6 is 0 Å². The van der Waals surface area contributed by atoms with Gasteiger partial charge in [0.1, 0.15) is 0 Å². The lowest BCUT2D eigenvalue weighted by molar-refractivity contribution is -0.200. The molecule has 35 heavy (non-hydrogen) atoms. The van der Waals surface area contributed by atoms with Crippen LogP contribution in [0.4, 0.5) is 24.5 Å². The number of benzene rings is 3. The van der Waals surface area contributed by atoms with Crippen molar-refractivity contribution in [1.82, 2.24) is 0 Å². The van der Waals surface area contributed by atoms with Crippen molar-refractivity contribution < 1.29 is 27.8 Å². The van der Waals surface area contributed by atoms with Crippen LogP contribution in [0.2, 0.25) is 0 Å². The molecule has 3 aromatic rings. The van der Waals surface area contributed by atoms with Gasteiger partial charge in [-0.05, 0) is 42.3 Å². The third kappa shape index (κ3) is 5.43. The number of aliphatic hydroxyl groups excluding tert-OH is 1. The molecule has 0 saturated carbocycles. The van der Waals surface area contributed by atoms with Crippen LogP contribution in [0.1, 0.15) is 33.1 Å². The number of fused-ring (bicyclic) bond motifs is 1. The maximum absolute atomic E-state index is 13.4. The molecule has 0 aliphatic carbocycles. The summed E-state index contributed by atoms with van der Waals surface area (Å²) < 4.78 is 45.0. The molecule has 0 radical (unpaired) electrons. The first-order valence-corrected chi connectivity index (χ1v) is 11.3. The Kier molecular flexibility index (Phi) is 7.03. The minimum atomic E-state index is -4.76. The summed E-state index contributed by atoms with van der Waals surface area (Å²) in [6.07, 6.45) is -7.28. The molecule has 0 aromatic heterocycles. The molecule has 1 aliphatic rings. The molecule has 2 atom stereocenters. The SMILES string of the molecule is COC(=O)c1cccc(C2CN(Cc3cccc(C)c3)c3ccccc3N2C[C@@H](O)C(F)(F)F)c1. The van der Waals surface area contributed by atoms with E-state index >= 15 is 0 Å². The van der Waals surface area contributed by atoms with Crippen LogP contribution in [0.15, 0.2) is 72.8 Å². The number of methoxy groups -OCH3 is 1. The Hall–Kier alpha value is -3.52. The first-order valence-electron chi connectivity index (χ1n) is 11.3. The number of para-hydroxylation sites is 2. The summed E-state index contributed by atoms with van der Waals surface area (Å²) in [6.45, 7) is 2.29. The minimum absolute atomic E-state index is 0.311. The fraction of sp³-hybridized carbons (Fsp3) is 0.296. The lowest BCUT2D eigenvalue weighted by atomic mass is 9.96. The zero-order chi connectivity index (χ0) is 25.2. The second kappa shape index (κ2) is 10.00. The van der Waals surface area contributed by atoms with Gasteiger partial charge >= 0.3 is 12.1 Å². The standard InChI is InChI=1S/C27H27F3N2O3/c1-18-7-5-8-19(13-18)15-31-16-24(20-9-6-10-21(14-20)26(34)35-2)32(17-25(33)27(28,29)30)23-12-4-3-11-22(23)31/h3-14,24-25,33H,15-17H2,1-2H3/t24?,25-/m1/s1. The number of nitrogens with zero attached hydrogens (tertiary/aromatic N) is 2. The lowest BCUT2D eigenvalue weighted by Crippen LogP contribution is -2.49. The molecule has 4 rings (SSSR count). The van der Waals surface area contributed by atoms with Gasteiger partial charge in [-0.25, -0.2) is 4.79 Å². The third-order valence-electron chi connectivity index (χ3n) is 6.20. The Morgan fingerprint density at radius 1 is 1.06 bits per heavy atom. The van der Waals surface area contributed by atoms with E-state index < -0.39 is 30.8 Å². The molecule has 5 nitrogen and oxygen atoms in total. The van der Waals surface area contributed by atoms with Gasteiger partial charge in [0.2, 0.25) is 0 Å². The van der Waals surface area contributed by atoms with Gasteiger partial charge in [-0.3, -0.25) is 0 Å². The quantitative estimate of drug-likeness (QED) is 0.483. The third-order valence-corrected chi connectivity index (χ3v) is 6.20. The zero-order valence-electron chi connectivity index (χ0n) is 19.5. The van der Waals surface area contributed by atoms with E-state index in [2.05, 4.69) is 11.0 Å². The van der Waals surface area contributed by atoms with Crippen molar-refractivity contribution in [1.29, 1.82) is 0 Å². The van der Waals surface area contributed by atoms with Crippen molar-refractivity contribution in [3.05, 3.63) is 95.1 Å². The monoisotopic (exact) mass is 484 g/mol. The van der Waals surface area contributed by atoms with E-state index in [1.807, 2.05) is 37.3 Å². The largest absolute Gasteiger partial charge is 0.465 e. The maximum Gasteiger partial charge on any atom is 0.416 e. The number of carbonyl (C=O) groups excluding carboxylic acids is 1. The van der Waals surface area contributed by atoms with E-state index in [0.717, 1.165) is 16.8 Å². The second-order valence-electron chi connectivity index (χ2n) is 8.70. The highest BCUT2D eigenvalue weighted by Gasteiger charge is 2.42. The number of aliphatic hydroxyl groups is 1. The molecule has 1 heterocycles. The molecule has 0 fully saturated rings. The Morgan fingerprint density at radius 3 is 2.46 bits per heavy atom. The van der Waals surface area contributed by atoms with Crippen LogP contribution in [0, 0.1) is 6.92 Å². The zero-order valence-corrected chi connectivity index (χ0v) is 19.5. The Labute approximate surface area is 202 Å². The number of alkyl halides is 3. The predicted octanol–water partition coefficient (Wildman–Crippen LogP) is 5.27. The Balaban J connectivity index is 1.79. The van der Waals surface area contributed by atoms with E-state index in [1.165, 1.54) is 7.11 Å². The number of esters is 1. The first-order chi connectivity index (χ1) is 16.7. The molecule has 0 spiro atoms. The van der Waals surface area contributed by atoms with Crippen molar-refractivity contribution >= 4 is 17.3 Å². The first kappa shape index (κ1) is 24.6. The van der Waals surface area contributed by atoms with Gasteiger partial charge in [-0.2, -0.15) is 13.2 Å². The Bertz CT molecular complexity index is 1200. The summed E-state index contributed by atoms with van der Waals surface area (Å²) >= 11 is 0. The average Bonchev–Trinajstić information content (AvgIpc) is 2.84. The fourth-order valence-corrected chi connectivity index (χ4v) is 4.52. The van der Waals surface area contributed by atoms with E-state index in [9.17, 15) is 23.1 Å². The number of hydrogen-bond acceptors (Lipinski definition) is 5. The second-order valence-corrected chi connectivity index (χ2v) is 8.70. The summed E-state index contributed by atoms with van der Waals surface area (Å²) in [6, 6.07) is 21.5. The highest BCUT2D eigenvalue weighted by molar-refractivity contribution is 5.89. The summed E-state index contributed by atoms with van der Waals surface area (Å²) in [4.78, 5) is 15.8. The fourth-order valence-electron chi connectivity index (χ4n) is 4.52. The Morgan fingerprint density at radius 2 is 1.77 bits per heavy atom. The van der Waals surface area contributed by atoms with Gasteiger partial charge in [0, 0.05) is 13.1 Å². The molecule has 3 aromatic carbocycles. The smallest absolute Gasteiger partial charge is 0.416 e. The average molecular weight is 485 g/mol. The summed E-state index contributed by atoms with van der Waals surface area (Å²) in [5, 5.41) is 9.99. The van der Waals surface area contributed by atoms with Gasteiger partial charge in [0.15, 0.2) is 6.10 Å². The highest BCUT2D eigenvalue weighted by Crippen LogP contribution is 2.42. The minimum Gasteiger partial charge on any atom is -0.465 e. The van der Waals surface area contributed by atoms with Gasteiger partial charge in [0.05, 0.1) is 36.6 Å². The molecule has 0 bridgehead atoms. The number of aryl methyl sites for hydroxylation is 1. The van der Waals surface area contributed by atoms with Crippen LogP contribution in [0.25, 0.3) is 0 Å². The van der Waals surface area contributed by atoms with Crippen molar-refractivity contribution in [2.45, 2.75) is 31.8 Å². The maximum atomic E-state index is 13.4. The molecule has 8 heteroatoms. The van der Waals surface area contributed by atoms with Crippen LogP contribution < -0.4 is 9.80 Å². The van der Waals surface area contributed by atoms with Gasteiger partial charge in [-0.1, -0.05) is 54.1 Å². The normalized spacial score (nSPS) is 16.6. The summed E-state index contributed by atoms with van der Waals surface area (Å²) in [5.41, 5.74) is 4.53. The number of carbonyl (C=O) groups is 1. The summed E-state index contributed by atoms with van der Waals surface area (Å²) in [7, 11) is 1.28. The van der Waals surface area contributed by atoms with Gasteiger partial charge < -0.3 is 19.6 Å². The lowest BCUT2D eigenvalue weighted by Gasteiger charge is -2.45. The molecule has 0 amide bonds. The number of β-amino-alcohol motifs (C(OH)–C–C–N with tert-alkyl or cyclic N) is 1. The number of rotatable bonds is 6. The van der Waals surface area contributed by atoms with Crippen LogP contribution in [-0.4, -0.2) is 43.6 Å². The van der Waals surface area contributed by atoms with E-state index in [1.54, 1.807) is 41.3 Å². The summed E-state index contributed by atoms with van der Waals surface area (Å²) in [5.74, 6) is -0.526. The number of ether oxygens (including phenoxy) is 1. The molecule has 184 valence electrons. The van der Waals surface area contributed by atoms with Crippen LogP contribution in [0.3, 0.4) is 0 Å². The van der Waals surface area contributed by atoms with Crippen molar-refractivity contribution in [2.24, 2.45) is 0 Å². The van der Waals surface area contributed by atoms with Gasteiger partial charge in [-0.15, -0.1) is 0 Å². The predicted molar refractivity (Wildman–Crippen MR) is 129 cm³/mol. The number of halogens is 3. The number of anilines is 2. The number of hydrogen-bond donors (Lipinski definition) is 1. The molecule has 0 saturated heterocycles. The van der Waals surface area contributed by atoms with Crippen molar-refractivity contribution in [2.75, 3.05) is 30.0 Å². The van der Waals surface area contributed by atoms with Crippen molar-refractivity contribution in [3.8, 4) is 0 Å². The molecule has 1 unspecified atom stereocenters. The molecular formula is C27H27F3N2O3. The highest BCUT2D eigenvalue weighted by atomic mass is 19.4. The molecule has 1 N–H and O–H groups in total. The van der Waals surface area contributed by atoms with Crippen LogP contribution in [-0.2, 0) is 11.3 Å². The topological polar surface area (TPSA) is 53.0 Å². The van der Waals surface area contributed by atoms with Gasteiger partial charge in [0.25, 0.3) is 0 Å². The van der Waals surface area contributed by atoms with Crippen LogP contribution in [0.5, 0.6) is 0 Å². The van der Waals surface area contributed by atoms with E-state index in [4.69, 9.17) is 4.74 Å².